The first-order valence-corrected chi connectivity index (χ1v) is 8.03. The first-order valence-electron chi connectivity index (χ1n) is 8.03. The fraction of sp³-hybridized carbons (Fsp3) is 0.158. The van der Waals surface area contributed by atoms with Crippen LogP contribution in [0.25, 0.3) is 10.9 Å². The van der Waals surface area contributed by atoms with E-state index in [2.05, 4.69) is 10.6 Å². The van der Waals surface area contributed by atoms with E-state index in [4.69, 9.17) is 0 Å². The summed E-state index contributed by atoms with van der Waals surface area (Å²) in [5, 5.41) is 6.32. The van der Waals surface area contributed by atoms with E-state index in [1.54, 1.807) is 30.3 Å². The highest BCUT2D eigenvalue weighted by Gasteiger charge is 2.24. The van der Waals surface area contributed by atoms with Crippen molar-refractivity contribution in [2.75, 3.05) is 11.9 Å². The molecule has 0 aliphatic carbocycles. The summed E-state index contributed by atoms with van der Waals surface area (Å²) < 4.78 is 15.7. The summed E-state index contributed by atoms with van der Waals surface area (Å²) in [6, 6.07) is 13.2. The van der Waals surface area contributed by atoms with Gasteiger partial charge in [-0.15, -0.1) is 0 Å². The second kappa shape index (κ2) is 5.73. The minimum absolute atomic E-state index is 0.0927. The van der Waals surface area contributed by atoms with E-state index < -0.39 is 11.7 Å². The second-order valence-corrected chi connectivity index (χ2v) is 6.17. The van der Waals surface area contributed by atoms with Crippen LogP contribution < -0.4 is 10.6 Å². The van der Waals surface area contributed by atoms with Gasteiger partial charge in [0.15, 0.2) is 0 Å². The molecule has 2 heterocycles. The van der Waals surface area contributed by atoms with E-state index in [1.807, 2.05) is 17.6 Å². The molecule has 126 valence electrons. The maximum Gasteiger partial charge on any atom is 0.268 e. The quantitative estimate of drug-likeness (QED) is 0.753. The number of aromatic nitrogens is 1. The minimum atomic E-state index is -0.484. The molecule has 1 unspecified atom stereocenters. The normalized spacial score (nSPS) is 16.4. The highest BCUT2D eigenvalue weighted by Crippen LogP contribution is 2.27. The molecule has 1 aromatic heterocycles. The number of carbonyl (C=O) groups is 2. The predicted octanol–water partition coefficient (Wildman–Crippen LogP) is 3.34. The van der Waals surface area contributed by atoms with Crippen LogP contribution in [0.5, 0.6) is 0 Å². The monoisotopic (exact) mass is 337 g/mol. The van der Waals surface area contributed by atoms with E-state index in [9.17, 15) is 14.0 Å². The van der Waals surface area contributed by atoms with Gasteiger partial charge in [-0.2, -0.15) is 0 Å². The molecule has 3 aromatic rings. The highest BCUT2D eigenvalue weighted by molar-refractivity contribution is 6.07. The number of nitrogens with one attached hydrogen (secondary N) is 2. The van der Waals surface area contributed by atoms with Crippen molar-refractivity contribution >= 4 is 28.4 Å². The molecule has 6 heteroatoms. The van der Waals surface area contributed by atoms with Gasteiger partial charge in [0.25, 0.3) is 11.8 Å². The number of hydrogen-bond acceptors (Lipinski definition) is 2. The number of anilines is 1. The molecule has 0 bridgehead atoms. The lowest BCUT2D eigenvalue weighted by Gasteiger charge is -2.24. The Kier molecular flexibility index (Phi) is 3.53. The average Bonchev–Trinajstić information content (AvgIpc) is 3.00. The summed E-state index contributed by atoms with van der Waals surface area (Å²) >= 11 is 0. The van der Waals surface area contributed by atoms with Crippen LogP contribution in [0.15, 0.2) is 48.5 Å². The fourth-order valence-corrected chi connectivity index (χ4v) is 3.19. The van der Waals surface area contributed by atoms with Gasteiger partial charge in [0, 0.05) is 29.1 Å². The Morgan fingerprint density at radius 2 is 2.04 bits per heavy atom. The van der Waals surface area contributed by atoms with Crippen molar-refractivity contribution < 1.29 is 14.0 Å². The van der Waals surface area contributed by atoms with Gasteiger partial charge >= 0.3 is 0 Å². The molecule has 2 aromatic carbocycles. The zero-order chi connectivity index (χ0) is 17.6. The number of fused-ring (bicyclic) bond motifs is 3. The predicted molar refractivity (Wildman–Crippen MR) is 93.3 cm³/mol. The van der Waals surface area contributed by atoms with Gasteiger partial charge in [-0.05, 0) is 37.3 Å². The van der Waals surface area contributed by atoms with Gasteiger partial charge in [-0.3, -0.25) is 9.59 Å². The Hall–Kier alpha value is -3.15. The molecule has 2 amide bonds. The van der Waals surface area contributed by atoms with Crippen LogP contribution in [0.3, 0.4) is 0 Å². The summed E-state index contributed by atoms with van der Waals surface area (Å²) in [4.78, 5) is 24.5. The zero-order valence-electron chi connectivity index (χ0n) is 13.5. The zero-order valence-corrected chi connectivity index (χ0v) is 13.5. The third-order valence-corrected chi connectivity index (χ3v) is 4.46. The van der Waals surface area contributed by atoms with Crippen LogP contribution in [0.2, 0.25) is 0 Å². The molecule has 0 spiro atoms. The molecular weight excluding hydrogens is 321 g/mol. The van der Waals surface area contributed by atoms with Crippen molar-refractivity contribution in [3.05, 3.63) is 65.6 Å². The van der Waals surface area contributed by atoms with Crippen molar-refractivity contribution in [3.8, 4) is 0 Å². The number of benzene rings is 2. The number of rotatable bonds is 2. The Balaban J connectivity index is 1.74. The number of carbonyl (C=O) groups excluding carboxylic acids is 2. The molecule has 0 fully saturated rings. The van der Waals surface area contributed by atoms with Crippen molar-refractivity contribution in [3.63, 3.8) is 0 Å². The lowest BCUT2D eigenvalue weighted by Crippen LogP contribution is -2.37. The SMILES string of the molecule is CC1CNC(=O)c2cc3ccc(C(=O)Nc4ccccc4F)cc3n21. The first kappa shape index (κ1) is 15.4. The molecule has 4 rings (SSSR count). The molecule has 0 saturated carbocycles. The fourth-order valence-electron chi connectivity index (χ4n) is 3.19. The largest absolute Gasteiger partial charge is 0.349 e. The summed E-state index contributed by atoms with van der Waals surface area (Å²) in [5.41, 5.74) is 1.95. The molecule has 25 heavy (non-hydrogen) atoms. The van der Waals surface area contributed by atoms with Gasteiger partial charge in [0.05, 0.1) is 5.69 Å². The van der Waals surface area contributed by atoms with Crippen molar-refractivity contribution in [1.29, 1.82) is 0 Å². The molecule has 2 N–H and O–H groups in total. The molecule has 1 aliphatic rings. The molecule has 5 nitrogen and oxygen atoms in total. The van der Waals surface area contributed by atoms with Crippen molar-refractivity contribution in [1.82, 2.24) is 9.88 Å². The number of para-hydroxylation sites is 1. The van der Waals surface area contributed by atoms with E-state index >= 15 is 0 Å². The van der Waals surface area contributed by atoms with Crippen LogP contribution >= 0.6 is 0 Å². The standard InChI is InChI=1S/C19H16FN3O2/c1-11-10-21-19(25)17-8-12-6-7-13(9-16(12)23(11)17)18(24)22-15-5-3-2-4-14(15)20/h2-9,11H,10H2,1H3,(H,21,25)(H,22,24). The topological polar surface area (TPSA) is 63.1 Å². The first-order chi connectivity index (χ1) is 12.0. The summed E-state index contributed by atoms with van der Waals surface area (Å²) in [7, 11) is 0. The molecule has 0 radical (unpaired) electrons. The Bertz CT molecular complexity index is 1010. The van der Waals surface area contributed by atoms with Crippen LogP contribution in [0.1, 0.15) is 33.8 Å². The Labute approximate surface area is 143 Å². The van der Waals surface area contributed by atoms with Crippen molar-refractivity contribution in [2.45, 2.75) is 13.0 Å². The number of nitrogens with zero attached hydrogens (tertiary/aromatic N) is 1. The van der Waals surface area contributed by atoms with Gasteiger partial charge in [-0.1, -0.05) is 18.2 Å². The maximum absolute atomic E-state index is 13.7. The summed E-state index contributed by atoms with van der Waals surface area (Å²) in [5.74, 6) is -0.996. The van der Waals surface area contributed by atoms with E-state index in [-0.39, 0.29) is 17.6 Å². The average molecular weight is 337 g/mol. The van der Waals surface area contributed by atoms with Gasteiger partial charge in [-0.25, -0.2) is 4.39 Å². The summed E-state index contributed by atoms with van der Waals surface area (Å²) in [6.45, 7) is 2.55. The lowest BCUT2D eigenvalue weighted by atomic mass is 10.1. The van der Waals surface area contributed by atoms with Crippen LogP contribution in [0, 0.1) is 5.82 Å². The lowest BCUT2D eigenvalue weighted by molar-refractivity contribution is 0.0919. The highest BCUT2D eigenvalue weighted by atomic mass is 19.1. The number of halogens is 1. The van der Waals surface area contributed by atoms with Crippen LogP contribution in [-0.4, -0.2) is 22.9 Å². The molecular formula is C19H16FN3O2. The van der Waals surface area contributed by atoms with Crippen LogP contribution in [0.4, 0.5) is 10.1 Å². The smallest absolute Gasteiger partial charge is 0.268 e. The van der Waals surface area contributed by atoms with E-state index in [0.717, 1.165) is 10.9 Å². The van der Waals surface area contributed by atoms with E-state index in [1.165, 1.54) is 12.1 Å². The third kappa shape index (κ3) is 2.55. The minimum Gasteiger partial charge on any atom is -0.349 e. The van der Waals surface area contributed by atoms with Gasteiger partial charge in [0.1, 0.15) is 11.5 Å². The van der Waals surface area contributed by atoms with Gasteiger partial charge in [0.2, 0.25) is 0 Å². The van der Waals surface area contributed by atoms with E-state index in [0.29, 0.717) is 17.8 Å². The molecule has 1 aliphatic heterocycles. The molecule has 1 atom stereocenters. The second-order valence-electron chi connectivity index (χ2n) is 6.17. The van der Waals surface area contributed by atoms with Crippen LogP contribution in [-0.2, 0) is 0 Å². The summed E-state index contributed by atoms with van der Waals surface area (Å²) in [6.07, 6.45) is 0. The maximum atomic E-state index is 13.7. The Morgan fingerprint density at radius 1 is 1.24 bits per heavy atom. The number of amides is 2. The van der Waals surface area contributed by atoms with Gasteiger partial charge < -0.3 is 15.2 Å². The number of hydrogen-bond donors (Lipinski definition) is 2. The van der Waals surface area contributed by atoms with Crippen molar-refractivity contribution in [2.24, 2.45) is 0 Å². The molecule has 0 saturated heterocycles. The third-order valence-electron chi connectivity index (χ3n) is 4.46. The Morgan fingerprint density at radius 3 is 2.84 bits per heavy atom.